The number of para-hydroxylation sites is 2. The smallest absolute Gasteiger partial charge is 0.371 e. The van der Waals surface area contributed by atoms with Gasteiger partial charge in [-0.3, -0.25) is 9.59 Å². The summed E-state index contributed by atoms with van der Waals surface area (Å²) in [5.74, 6) is -1.39. The average Bonchev–Trinajstić information content (AvgIpc) is 3.26. The van der Waals surface area contributed by atoms with E-state index in [1.54, 1.807) is 23.1 Å². The van der Waals surface area contributed by atoms with E-state index in [9.17, 15) is 14.4 Å². The first-order valence-electron chi connectivity index (χ1n) is 8.02. The third-order valence-corrected chi connectivity index (χ3v) is 4.18. The molecule has 1 aromatic heterocycles. The molecule has 3 rings (SSSR count). The number of aromatic carboxylic acids is 1. The first-order chi connectivity index (χ1) is 12.5. The van der Waals surface area contributed by atoms with Crippen molar-refractivity contribution in [2.75, 3.05) is 18.6 Å². The Bertz CT molecular complexity index is 844. The molecule has 0 radical (unpaired) electrons. The summed E-state index contributed by atoms with van der Waals surface area (Å²) >= 11 is 0. The number of hydrogen-bond donors (Lipinski definition) is 2. The van der Waals surface area contributed by atoms with Crippen molar-refractivity contribution in [3.63, 3.8) is 0 Å². The lowest BCUT2D eigenvalue weighted by molar-refractivity contribution is -0.126. The average molecular weight is 358 g/mol. The Morgan fingerprint density at radius 1 is 1.31 bits per heavy atom. The lowest BCUT2D eigenvalue weighted by Gasteiger charge is -2.19. The molecule has 8 nitrogen and oxygen atoms in total. The van der Waals surface area contributed by atoms with Crippen LogP contribution in [0.5, 0.6) is 5.75 Å². The van der Waals surface area contributed by atoms with Gasteiger partial charge >= 0.3 is 5.97 Å². The number of benzene rings is 1. The van der Waals surface area contributed by atoms with Crippen LogP contribution in [-0.4, -0.2) is 36.5 Å². The van der Waals surface area contributed by atoms with E-state index in [0.29, 0.717) is 17.2 Å². The van der Waals surface area contributed by atoms with Crippen molar-refractivity contribution in [1.82, 2.24) is 5.32 Å². The molecule has 0 aliphatic carbocycles. The van der Waals surface area contributed by atoms with E-state index < -0.39 is 11.9 Å². The third kappa shape index (κ3) is 3.53. The summed E-state index contributed by atoms with van der Waals surface area (Å²) in [5.41, 5.74) is 0.632. The van der Waals surface area contributed by atoms with Crippen LogP contribution in [0.1, 0.15) is 22.7 Å². The van der Waals surface area contributed by atoms with Gasteiger partial charge in [0, 0.05) is 13.0 Å². The molecule has 1 fully saturated rings. The fraction of sp³-hybridized carbons (Fsp3) is 0.278. The van der Waals surface area contributed by atoms with Crippen molar-refractivity contribution in [2.45, 2.75) is 13.0 Å². The van der Waals surface area contributed by atoms with Crippen molar-refractivity contribution in [2.24, 2.45) is 5.92 Å². The number of nitrogens with zero attached hydrogens (tertiary/aromatic N) is 1. The molecule has 1 aromatic carbocycles. The first kappa shape index (κ1) is 17.5. The van der Waals surface area contributed by atoms with E-state index >= 15 is 0 Å². The fourth-order valence-electron chi connectivity index (χ4n) is 2.88. The van der Waals surface area contributed by atoms with Gasteiger partial charge in [-0.05, 0) is 24.3 Å². The molecule has 0 spiro atoms. The maximum Gasteiger partial charge on any atom is 0.371 e. The van der Waals surface area contributed by atoms with Crippen LogP contribution < -0.4 is 15.0 Å². The zero-order valence-electron chi connectivity index (χ0n) is 14.1. The molecule has 2 N–H and O–H groups in total. The Labute approximate surface area is 149 Å². The Morgan fingerprint density at radius 3 is 2.77 bits per heavy atom. The van der Waals surface area contributed by atoms with E-state index in [2.05, 4.69) is 5.32 Å². The highest BCUT2D eigenvalue weighted by molar-refractivity contribution is 6.01. The minimum Gasteiger partial charge on any atom is -0.495 e. The van der Waals surface area contributed by atoms with Crippen molar-refractivity contribution in [3.8, 4) is 5.75 Å². The molecular weight excluding hydrogens is 340 g/mol. The van der Waals surface area contributed by atoms with Gasteiger partial charge < -0.3 is 24.5 Å². The summed E-state index contributed by atoms with van der Waals surface area (Å²) in [7, 11) is 1.53. The molecule has 2 aromatic rings. The summed E-state index contributed by atoms with van der Waals surface area (Å²) in [6, 6.07) is 9.95. The van der Waals surface area contributed by atoms with Gasteiger partial charge in [0.25, 0.3) is 0 Å². The summed E-state index contributed by atoms with van der Waals surface area (Å²) in [6.45, 7) is 0.315. The van der Waals surface area contributed by atoms with E-state index in [4.69, 9.17) is 14.3 Å². The van der Waals surface area contributed by atoms with Crippen LogP contribution in [0.3, 0.4) is 0 Å². The minimum atomic E-state index is -1.17. The summed E-state index contributed by atoms with van der Waals surface area (Å²) in [6.07, 6.45) is 0.0996. The van der Waals surface area contributed by atoms with Gasteiger partial charge in [0.15, 0.2) is 0 Å². The monoisotopic (exact) mass is 358 g/mol. The Hall–Kier alpha value is -3.29. The highest BCUT2D eigenvalue weighted by Crippen LogP contribution is 2.32. The second kappa shape index (κ2) is 7.30. The summed E-state index contributed by atoms with van der Waals surface area (Å²) in [4.78, 5) is 37.0. The molecule has 2 amide bonds. The zero-order chi connectivity index (χ0) is 18.7. The number of carboxylic acid groups (broad SMARTS) is 1. The largest absolute Gasteiger partial charge is 0.495 e. The van der Waals surface area contributed by atoms with Gasteiger partial charge in [-0.1, -0.05) is 12.1 Å². The van der Waals surface area contributed by atoms with Gasteiger partial charge in [0.2, 0.25) is 17.6 Å². The summed E-state index contributed by atoms with van der Waals surface area (Å²) in [5, 5.41) is 11.5. The van der Waals surface area contributed by atoms with Gasteiger partial charge in [-0.15, -0.1) is 0 Å². The number of anilines is 1. The number of methoxy groups -OCH3 is 1. The maximum absolute atomic E-state index is 12.4. The second-order valence-electron chi connectivity index (χ2n) is 5.87. The van der Waals surface area contributed by atoms with E-state index in [1.807, 2.05) is 6.07 Å². The molecular formula is C18H18N2O6. The van der Waals surface area contributed by atoms with E-state index in [0.717, 1.165) is 0 Å². The number of carboxylic acids is 1. The van der Waals surface area contributed by atoms with Gasteiger partial charge in [-0.2, -0.15) is 0 Å². The van der Waals surface area contributed by atoms with Crippen molar-refractivity contribution >= 4 is 23.5 Å². The van der Waals surface area contributed by atoms with Gasteiger partial charge in [0.1, 0.15) is 11.5 Å². The number of rotatable bonds is 6. The second-order valence-corrected chi connectivity index (χ2v) is 5.87. The highest BCUT2D eigenvalue weighted by atomic mass is 16.5. The predicted molar refractivity (Wildman–Crippen MR) is 91.0 cm³/mol. The highest BCUT2D eigenvalue weighted by Gasteiger charge is 2.36. The SMILES string of the molecule is COc1ccccc1N1C[C@@H](C(=O)NCc2ccc(C(=O)O)o2)CC1=O. The minimum absolute atomic E-state index is 0.0610. The van der Waals surface area contributed by atoms with Crippen molar-refractivity contribution in [1.29, 1.82) is 0 Å². The van der Waals surface area contributed by atoms with Crippen molar-refractivity contribution < 1.29 is 28.6 Å². The summed E-state index contributed by atoms with van der Waals surface area (Å²) < 4.78 is 10.4. The van der Waals surface area contributed by atoms with Crippen molar-refractivity contribution in [3.05, 3.63) is 47.9 Å². The lowest BCUT2D eigenvalue weighted by Crippen LogP contribution is -2.32. The lowest BCUT2D eigenvalue weighted by atomic mass is 10.1. The van der Waals surface area contributed by atoms with Crippen LogP contribution in [-0.2, 0) is 16.1 Å². The molecule has 1 atom stereocenters. The Balaban J connectivity index is 1.62. The molecule has 1 saturated heterocycles. The molecule has 1 aliphatic rings. The molecule has 136 valence electrons. The maximum atomic E-state index is 12.4. The molecule has 1 aliphatic heterocycles. The zero-order valence-corrected chi connectivity index (χ0v) is 14.1. The number of hydrogen-bond acceptors (Lipinski definition) is 5. The third-order valence-electron chi connectivity index (χ3n) is 4.18. The quantitative estimate of drug-likeness (QED) is 0.813. The number of nitrogens with one attached hydrogen (secondary N) is 1. The first-order valence-corrected chi connectivity index (χ1v) is 8.02. The number of carbonyl (C=O) groups excluding carboxylic acids is 2. The van der Waals surface area contributed by atoms with Gasteiger partial charge in [0.05, 0.1) is 25.3 Å². The molecule has 0 unspecified atom stereocenters. The molecule has 8 heteroatoms. The normalized spacial score (nSPS) is 16.6. The van der Waals surface area contributed by atoms with Gasteiger partial charge in [-0.25, -0.2) is 4.79 Å². The Kier molecular flexibility index (Phi) is 4.92. The van der Waals surface area contributed by atoms with Crippen LogP contribution >= 0.6 is 0 Å². The fourth-order valence-corrected chi connectivity index (χ4v) is 2.88. The number of carbonyl (C=O) groups is 3. The number of furan rings is 1. The molecule has 0 bridgehead atoms. The Morgan fingerprint density at radius 2 is 2.08 bits per heavy atom. The number of amides is 2. The van der Waals surface area contributed by atoms with E-state index in [-0.39, 0.29) is 37.1 Å². The van der Waals surface area contributed by atoms with Crippen LogP contribution in [0.25, 0.3) is 0 Å². The van der Waals surface area contributed by atoms with Crippen LogP contribution in [0.4, 0.5) is 5.69 Å². The number of ether oxygens (including phenoxy) is 1. The molecule has 0 saturated carbocycles. The predicted octanol–water partition coefficient (Wildman–Crippen LogP) is 1.66. The molecule has 26 heavy (non-hydrogen) atoms. The standard InChI is InChI=1S/C18H18N2O6/c1-25-14-5-3-2-4-13(14)20-10-11(8-16(20)21)17(22)19-9-12-6-7-15(26-12)18(23)24/h2-7,11H,8-10H2,1H3,(H,19,22)(H,23,24)/t11-/m0/s1. The topological polar surface area (TPSA) is 109 Å². The molecule has 2 heterocycles. The van der Waals surface area contributed by atoms with Crippen LogP contribution in [0.15, 0.2) is 40.8 Å². The van der Waals surface area contributed by atoms with Crippen LogP contribution in [0.2, 0.25) is 0 Å². The van der Waals surface area contributed by atoms with Crippen LogP contribution in [0, 0.1) is 5.92 Å². The van der Waals surface area contributed by atoms with E-state index in [1.165, 1.54) is 19.2 Å².